The van der Waals surface area contributed by atoms with Gasteiger partial charge in [0.05, 0.1) is 35.8 Å². The fraction of sp³-hybridized carbons (Fsp3) is 0.467. The fourth-order valence-corrected chi connectivity index (χ4v) is 2.44. The van der Waals surface area contributed by atoms with Gasteiger partial charge in [0, 0.05) is 0 Å². The average Bonchev–Trinajstić information content (AvgIpc) is 2.94. The molecule has 1 unspecified atom stereocenters. The molecule has 0 aliphatic heterocycles. The molecule has 0 aliphatic rings. The van der Waals surface area contributed by atoms with E-state index in [0.29, 0.717) is 0 Å². The largest absolute Gasteiger partial charge is 0.491 e. The van der Waals surface area contributed by atoms with Crippen LogP contribution in [0.4, 0.5) is 0 Å². The molecule has 0 saturated carbocycles. The summed E-state index contributed by atoms with van der Waals surface area (Å²) in [6.45, 7) is 7.16. The minimum Gasteiger partial charge on any atom is -0.491 e. The lowest BCUT2D eigenvalue weighted by Gasteiger charge is -2.17. The molecule has 20 heavy (non-hydrogen) atoms. The molecular weight excluding hydrogens is 270 g/mol. The van der Waals surface area contributed by atoms with Crippen molar-refractivity contribution in [3.8, 4) is 5.75 Å². The molecule has 5 heteroatoms. The third kappa shape index (κ3) is 4.02. The second-order valence-electron chi connectivity index (χ2n) is 4.96. The van der Waals surface area contributed by atoms with Crippen molar-refractivity contribution in [3.63, 3.8) is 0 Å². The van der Waals surface area contributed by atoms with Crippen LogP contribution in [0.5, 0.6) is 5.75 Å². The van der Waals surface area contributed by atoms with Crippen LogP contribution < -0.4 is 10.1 Å². The van der Waals surface area contributed by atoms with Gasteiger partial charge in [0.15, 0.2) is 0 Å². The van der Waals surface area contributed by atoms with Gasteiger partial charge in [0.1, 0.15) is 5.75 Å². The molecule has 0 amide bonds. The molecule has 2 aromatic rings. The summed E-state index contributed by atoms with van der Waals surface area (Å²) in [6, 6.07) is 8.29. The van der Waals surface area contributed by atoms with Gasteiger partial charge in [-0.15, -0.1) is 0 Å². The molecule has 0 fully saturated rings. The maximum Gasteiger partial charge on any atom is 0.119 e. The van der Waals surface area contributed by atoms with Crippen LogP contribution in [0.3, 0.4) is 0 Å². The van der Waals surface area contributed by atoms with Crippen LogP contribution in [0.15, 0.2) is 30.5 Å². The highest BCUT2D eigenvalue weighted by Gasteiger charge is 2.16. The summed E-state index contributed by atoms with van der Waals surface area (Å²) in [5.41, 5.74) is 2.16. The van der Waals surface area contributed by atoms with E-state index in [1.54, 1.807) is 0 Å². The second kappa shape index (κ2) is 7.36. The number of hydrogen-bond donors (Lipinski definition) is 1. The van der Waals surface area contributed by atoms with Crippen molar-refractivity contribution in [2.75, 3.05) is 6.54 Å². The van der Waals surface area contributed by atoms with Crippen LogP contribution >= 0.6 is 11.7 Å². The summed E-state index contributed by atoms with van der Waals surface area (Å²) >= 11 is 1.24. The van der Waals surface area contributed by atoms with Crippen molar-refractivity contribution in [1.82, 2.24) is 14.1 Å². The van der Waals surface area contributed by atoms with Crippen LogP contribution in [0, 0.1) is 0 Å². The molecule has 0 aliphatic carbocycles. The SMILES string of the molecule is CCCNC(c1ccc(OC(C)C)cc1)c1cnsn1. The maximum atomic E-state index is 5.67. The van der Waals surface area contributed by atoms with E-state index < -0.39 is 0 Å². The smallest absolute Gasteiger partial charge is 0.119 e. The van der Waals surface area contributed by atoms with Crippen LogP contribution in [0.2, 0.25) is 0 Å². The molecule has 108 valence electrons. The number of rotatable bonds is 7. The van der Waals surface area contributed by atoms with Crippen molar-refractivity contribution in [2.45, 2.75) is 39.3 Å². The Morgan fingerprint density at radius 3 is 2.55 bits per heavy atom. The number of aromatic nitrogens is 2. The van der Waals surface area contributed by atoms with Crippen molar-refractivity contribution in [2.24, 2.45) is 0 Å². The van der Waals surface area contributed by atoms with Gasteiger partial charge in [-0.05, 0) is 44.5 Å². The molecule has 4 nitrogen and oxygen atoms in total. The Bertz CT molecular complexity index is 496. The first kappa shape index (κ1) is 14.9. The number of benzene rings is 1. The third-order valence-corrected chi connectivity index (χ3v) is 3.35. The quantitative estimate of drug-likeness (QED) is 0.849. The van der Waals surface area contributed by atoms with Gasteiger partial charge >= 0.3 is 0 Å². The van der Waals surface area contributed by atoms with E-state index >= 15 is 0 Å². The lowest BCUT2D eigenvalue weighted by Crippen LogP contribution is -2.23. The van der Waals surface area contributed by atoms with Crippen LogP contribution in [0.1, 0.15) is 44.5 Å². The normalized spacial score (nSPS) is 12.6. The molecule has 0 bridgehead atoms. The number of ether oxygens (including phenoxy) is 1. The zero-order valence-electron chi connectivity index (χ0n) is 12.2. The molecule has 0 spiro atoms. The van der Waals surface area contributed by atoms with Crippen LogP contribution in [-0.2, 0) is 0 Å². The highest BCUT2D eigenvalue weighted by atomic mass is 32.1. The number of nitrogens with zero attached hydrogens (tertiary/aromatic N) is 2. The monoisotopic (exact) mass is 291 g/mol. The van der Waals surface area contributed by atoms with Gasteiger partial charge in [-0.3, -0.25) is 0 Å². The Balaban J connectivity index is 2.16. The van der Waals surface area contributed by atoms with Crippen molar-refractivity contribution >= 4 is 11.7 Å². The lowest BCUT2D eigenvalue weighted by molar-refractivity contribution is 0.242. The maximum absolute atomic E-state index is 5.67. The van der Waals surface area contributed by atoms with Crippen molar-refractivity contribution < 1.29 is 4.74 Å². The van der Waals surface area contributed by atoms with Crippen molar-refractivity contribution in [3.05, 3.63) is 41.7 Å². The van der Waals surface area contributed by atoms with Crippen LogP contribution in [-0.4, -0.2) is 21.4 Å². The minimum atomic E-state index is 0.0989. The van der Waals surface area contributed by atoms with E-state index in [4.69, 9.17) is 4.74 Å². The van der Waals surface area contributed by atoms with E-state index in [9.17, 15) is 0 Å². The van der Waals surface area contributed by atoms with Gasteiger partial charge in [0.25, 0.3) is 0 Å². The second-order valence-corrected chi connectivity index (χ2v) is 5.51. The van der Waals surface area contributed by atoms with Gasteiger partial charge in [0.2, 0.25) is 0 Å². The molecule has 1 heterocycles. The number of hydrogen-bond acceptors (Lipinski definition) is 5. The van der Waals surface area contributed by atoms with E-state index in [2.05, 4.69) is 33.1 Å². The fourth-order valence-electron chi connectivity index (χ4n) is 1.99. The first-order chi connectivity index (χ1) is 9.70. The standard InChI is InChI=1S/C15H21N3OS/c1-4-9-16-15(14-10-17-20-18-14)12-5-7-13(8-6-12)19-11(2)3/h5-8,10-11,15-16H,4,9H2,1-3H3. The first-order valence-corrected chi connectivity index (χ1v) is 7.71. The molecule has 1 aromatic carbocycles. The summed E-state index contributed by atoms with van der Waals surface area (Å²) in [6.07, 6.45) is 3.11. The van der Waals surface area contributed by atoms with Crippen molar-refractivity contribution in [1.29, 1.82) is 0 Å². The summed E-state index contributed by atoms with van der Waals surface area (Å²) in [7, 11) is 0. The Morgan fingerprint density at radius 1 is 1.25 bits per heavy atom. The molecule has 0 saturated heterocycles. The van der Waals surface area contributed by atoms with Gasteiger partial charge in [-0.25, -0.2) is 0 Å². The summed E-state index contributed by atoms with van der Waals surface area (Å²) in [4.78, 5) is 0. The topological polar surface area (TPSA) is 47.0 Å². The molecule has 1 N–H and O–H groups in total. The zero-order valence-corrected chi connectivity index (χ0v) is 13.0. The molecule has 1 aromatic heterocycles. The molecular formula is C15H21N3OS. The average molecular weight is 291 g/mol. The van der Waals surface area contributed by atoms with E-state index in [1.807, 2.05) is 32.2 Å². The highest BCUT2D eigenvalue weighted by molar-refractivity contribution is 6.99. The number of nitrogens with one attached hydrogen (secondary N) is 1. The summed E-state index contributed by atoms with van der Waals surface area (Å²) in [5, 5.41) is 3.51. The minimum absolute atomic E-state index is 0.0989. The highest BCUT2D eigenvalue weighted by Crippen LogP contribution is 2.23. The summed E-state index contributed by atoms with van der Waals surface area (Å²) in [5.74, 6) is 0.898. The first-order valence-electron chi connectivity index (χ1n) is 6.98. The molecule has 2 rings (SSSR count). The lowest BCUT2D eigenvalue weighted by atomic mass is 10.0. The molecule has 0 radical (unpaired) electrons. The van der Waals surface area contributed by atoms with E-state index in [1.165, 1.54) is 17.3 Å². The Labute approximate surface area is 124 Å². The Kier molecular flexibility index (Phi) is 5.49. The zero-order chi connectivity index (χ0) is 14.4. The Morgan fingerprint density at radius 2 is 2.00 bits per heavy atom. The van der Waals surface area contributed by atoms with Gasteiger partial charge in [-0.1, -0.05) is 19.1 Å². The predicted octanol–water partition coefficient (Wildman–Crippen LogP) is 3.41. The van der Waals surface area contributed by atoms with E-state index in [0.717, 1.165) is 24.4 Å². The Hall–Kier alpha value is -1.46. The molecule has 1 atom stereocenters. The summed E-state index contributed by atoms with van der Waals surface area (Å²) < 4.78 is 14.1. The van der Waals surface area contributed by atoms with E-state index in [-0.39, 0.29) is 12.1 Å². The van der Waals surface area contributed by atoms with Gasteiger partial charge in [-0.2, -0.15) is 8.75 Å². The van der Waals surface area contributed by atoms with Gasteiger partial charge < -0.3 is 10.1 Å². The van der Waals surface area contributed by atoms with Crippen LogP contribution in [0.25, 0.3) is 0 Å². The predicted molar refractivity (Wildman–Crippen MR) is 82.3 cm³/mol. The third-order valence-electron chi connectivity index (χ3n) is 2.86.